The van der Waals surface area contributed by atoms with Gasteiger partial charge in [0.2, 0.25) is 0 Å². The molecule has 7 nitrogen and oxygen atoms in total. The van der Waals surface area contributed by atoms with Gasteiger partial charge < -0.3 is 14.2 Å². The molecule has 33 heavy (non-hydrogen) atoms. The lowest BCUT2D eigenvalue weighted by Gasteiger charge is -2.24. The van der Waals surface area contributed by atoms with E-state index in [1.165, 1.54) is 23.0 Å². The zero-order valence-corrected chi connectivity index (χ0v) is 20.0. The average molecular weight is 485 g/mol. The Balaban J connectivity index is 1.96. The van der Waals surface area contributed by atoms with Gasteiger partial charge in [0, 0.05) is 16.7 Å². The lowest BCUT2D eigenvalue weighted by Crippen LogP contribution is -2.39. The molecule has 0 fully saturated rings. The zero-order chi connectivity index (χ0) is 23.7. The number of hydrogen-bond donors (Lipinski definition) is 0. The number of thiazole rings is 1. The summed E-state index contributed by atoms with van der Waals surface area (Å²) < 4.78 is 17.7. The highest BCUT2D eigenvalue weighted by atomic mass is 35.5. The van der Waals surface area contributed by atoms with Crippen LogP contribution in [0.4, 0.5) is 0 Å². The van der Waals surface area contributed by atoms with E-state index in [2.05, 4.69) is 4.99 Å². The summed E-state index contributed by atoms with van der Waals surface area (Å²) in [5.41, 5.74) is 1.97. The Bertz CT molecular complexity index is 1440. The van der Waals surface area contributed by atoms with Crippen LogP contribution in [0.25, 0.3) is 6.08 Å². The first-order chi connectivity index (χ1) is 15.9. The minimum atomic E-state index is -0.689. The normalized spacial score (nSPS) is 15.7. The fraction of sp³-hybridized carbons (Fsp3) is 0.208. The number of rotatable bonds is 5. The number of esters is 1. The number of carbonyl (C=O) groups is 1. The summed E-state index contributed by atoms with van der Waals surface area (Å²) in [4.78, 5) is 31.3. The number of nitrogens with zero attached hydrogens (tertiary/aromatic N) is 2. The van der Waals surface area contributed by atoms with Crippen molar-refractivity contribution in [1.29, 1.82) is 0 Å². The van der Waals surface area contributed by atoms with Crippen LogP contribution in [0.15, 0.2) is 63.5 Å². The molecule has 2 heterocycles. The molecule has 0 saturated heterocycles. The summed E-state index contributed by atoms with van der Waals surface area (Å²) >= 11 is 7.31. The van der Waals surface area contributed by atoms with Crippen LogP contribution < -0.4 is 24.4 Å². The van der Waals surface area contributed by atoms with E-state index in [0.29, 0.717) is 37.1 Å². The van der Waals surface area contributed by atoms with Crippen LogP contribution in [0.3, 0.4) is 0 Å². The molecule has 1 aliphatic rings. The second-order valence-corrected chi connectivity index (χ2v) is 8.68. The van der Waals surface area contributed by atoms with Gasteiger partial charge >= 0.3 is 5.97 Å². The third-order valence-corrected chi connectivity index (χ3v) is 6.57. The summed E-state index contributed by atoms with van der Waals surface area (Å²) in [6.07, 6.45) is 1.75. The molecule has 9 heteroatoms. The van der Waals surface area contributed by atoms with Gasteiger partial charge in [0.15, 0.2) is 4.80 Å². The summed E-state index contributed by atoms with van der Waals surface area (Å²) in [5, 5.41) is 0.554. The number of hydrogen-bond acceptors (Lipinski definition) is 7. The van der Waals surface area contributed by atoms with Crippen LogP contribution in [0.2, 0.25) is 5.02 Å². The first-order valence-corrected chi connectivity index (χ1v) is 11.2. The number of halogens is 1. The molecule has 1 unspecified atom stereocenters. The number of ether oxygens (including phenoxy) is 3. The third-order valence-electron chi connectivity index (χ3n) is 5.34. The average Bonchev–Trinajstić information content (AvgIpc) is 3.12. The Morgan fingerprint density at radius 3 is 2.48 bits per heavy atom. The molecule has 0 saturated carbocycles. The highest BCUT2D eigenvalue weighted by Gasteiger charge is 2.33. The Morgan fingerprint density at radius 2 is 1.85 bits per heavy atom. The van der Waals surface area contributed by atoms with Gasteiger partial charge in [-0.15, -0.1) is 0 Å². The fourth-order valence-corrected chi connectivity index (χ4v) is 4.90. The van der Waals surface area contributed by atoms with Gasteiger partial charge in [-0.05, 0) is 42.8 Å². The number of fused-ring (bicyclic) bond motifs is 1. The van der Waals surface area contributed by atoms with Crippen LogP contribution in [0.5, 0.6) is 11.5 Å². The number of allylic oxidation sites excluding steroid dienone is 1. The van der Waals surface area contributed by atoms with Crippen molar-refractivity contribution in [2.24, 2.45) is 4.99 Å². The summed E-state index contributed by atoms with van der Waals surface area (Å²) in [6, 6.07) is 11.7. The van der Waals surface area contributed by atoms with E-state index in [0.717, 1.165) is 11.1 Å². The van der Waals surface area contributed by atoms with Crippen molar-refractivity contribution in [3.8, 4) is 11.5 Å². The molecule has 2 aromatic carbocycles. The summed E-state index contributed by atoms with van der Waals surface area (Å²) in [6.45, 7) is 1.73. The van der Waals surface area contributed by atoms with Gasteiger partial charge in [-0.1, -0.05) is 35.1 Å². The smallest absolute Gasteiger partial charge is 0.338 e. The SMILES string of the molecule is COC(=O)C1=C(C)N=c2sc(=Cc3ccc(OC)cc3OC)c(=O)n2C1c1ccc(Cl)cc1. The van der Waals surface area contributed by atoms with Crippen molar-refractivity contribution in [2.45, 2.75) is 13.0 Å². The first-order valence-electron chi connectivity index (χ1n) is 9.96. The Kier molecular flexibility index (Phi) is 6.40. The van der Waals surface area contributed by atoms with Gasteiger partial charge in [-0.2, -0.15) is 0 Å². The van der Waals surface area contributed by atoms with Crippen LogP contribution in [-0.2, 0) is 9.53 Å². The Morgan fingerprint density at radius 1 is 1.12 bits per heavy atom. The lowest BCUT2D eigenvalue weighted by molar-refractivity contribution is -0.136. The van der Waals surface area contributed by atoms with Crippen molar-refractivity contribution in [1.82, 2.24) is 4.57 Å². The number of aromatic nitrogens is 1. The maximum atomic E-state index is 13.6. The van der Waals surface area contributed by atoms with Gasteiger partial charge in [0.05, 0.1) is 43.2 Å². The zero-order valence-electron chi connectivity index (χ0n) is 18.4. The van der Waals surface area contributed by atoms with Crippen molar-refractivity contribution in [2.75, 3.05) is 21.3 Å². The largest absolute Gasteiger partial charge is 0.497 e. The quantitative estimate of drug-likeness (QED) is 0.520. The molecule has 0 radical (unpaired) electrons. The minimum absolute atomic E-state index is 0.273. The number of carbonyl (C=O) groups excluding carboxylic acids is 1. The Labute approximate surface area is 198 Å². The molecule has 1 atom stereocenters. The molecule has 0 bridgehead atoms. The van der Waals surface area contributed by atoms with Crippen LogP contribution in [0.1, 0.15) is 24.1 Å². The van der Waals surface area contributed by atoms with E-state index in [-0.39, 0.29) is 5.56 Å². The van der Waals surface area contributed by atoms with E-state index >= 15 is 0 Å². The highest BCUT2D eigenvalue weighted by molar-refractivity contribution is 7.07. The summed E-state index contributed by atoms with van der Waals surface area (Å²) in [5.74, 6) is 0.676. The first kappa shape index (κ1) is 22.8. The van der Waals surface area contributed by atoms with Gasteiger partial charge in [0.1, 0.15) is 11.5 Å². The number of methoxy groups -OCH3 is 3. The maximum Gasteiger partial charge on any atom is 0.338 e. The lowest BCUT2D eigenvalue weighted by atomic mass is 9.96. The monoisotopic (exact) mass is 484 g/mol. The van der Waals surface area contributed by atoms with Crippen molar-refractivity contribution < 1.29 is 19.0 Å². The molecule has 0 N–H and O–H groups in total. The van der Waals surface area contributed by atoms with Crippen LogP contribution >= 0.6 is 22.9 Å². The standard InChI is InChI=1S/C24H21ClN2O5S/c1-13-20(23(29)32-4)21(14-5-8-16(25)9-6-14)27-22(28)19(33-24(27)26-13)11-15-7-10-17(30-2)12-18(15)31-3/h5-12,21H,1-4H3. The Hall–Kier alpha value is -3.36. The van der Waals surface area contributed by atoms with Crippen LogP contribution in [0, 0.1) is 0 Å². The van der Waals surface area contributed by atoms with Crippen molar-refractivity contribution >= 4 is 35.0 Å². The van der Waals surface area contributed by atoms with E-state index in [4.69, 9.17) is 25.8 Å². The second-order valence-electron chi connectivity index (χ2n) is 7.23. The molecule has 1 aromatic heterocycles. The van der Waals surface area contributed by atoms with Gasteiger partial charge in [-0.3, -0.25) is 9.36 Å². The highest BCUT2D eigenvalue weighted by Crippen LogP contribution is 2.31. The van der Waals surface area contributed by atoms with E-state index < -0.39 is 12.0 Å². The molecule has 0 amide bonds. The van der Waals surface area contributed by atoms with Gasteiger partial charge in [0.25, 0.3) is 5.56 Å². The number of benzene rings is 2. The maximum absolute atomic E-state index is 13.6. The summed E-state index contributed by atoms with van der Waals surface area (Å²) in [7, 11) is 4.44. The molecule has 170 valence electrons. The minimum Gasteiger partial charge on any atom is -0.497 e. The molecule has 1 aliphatic heterocycles. The molecule has 3 aromatic rings. The van der Waals surface area contributed by atoms with Crippen molar-refractivity contribution in [3.63, 3.8) is 0 Å². The van der Waals surface area contributed by atoms with E-state index in [1.807, 2.05) is 6.07 Å². The molecule has 0 spiro atoms. The van der Waals surface area contributed by atoms with E-state index in [1.54, 1.807) is 63.6 Å². The second kappa shape index (κ2) is 9.25. The molecule has 0 aliphatic carbocycles. The third kappa shape index (κ3) is 4.19. The van der Waals surface area contributed by atoms with Crippen molar-refractivity contribution in [3.05, 3.63) is 89.6 Å². The predicted octanol–water partition coefficient (Wildman–Crippen LogP) is 3.08. The molecular formula is C24H21ClN2O5S. The predicted molar refractivity (Wildman–Crippen MR) is 127 cm³/mol. The van der Waals surface area contributed by atoms with Gasteiger partial charge in [-0.25, -0.2) is 9.79 Å². The fourth-order valence-electron chi connectivity index (χ4n) is 3.73. The van der Waals surface area contributed by atoms with E-state index in [9.17, 15) is 9.59 Å². The molecule has 4 rings (SSSR count). The van der Waals surface area contributed by atoms with Crippen LogP contribution in [-0.4, -0.2) is 31.9 Å². The molecular weight excluding hydrogens is 464 g/mol. The topological polar surface area (TPSA) is 79.1 Å².